The highest BCUT2D eigenvalue weighted by atomic mass is 16.5. The van der Waals surface area contributed by atoms with Gasteiger partial charge in [0.2, 0.25) is 0 Å². The van der Waals surface area contributed by atoms with E-state index >= 15 is 0 Å². The Kier molecular flexibility index (Phi) is 3.65. The minimum Gasteiger partial charge on any atom is -0.201 e. The Morgan fingerprint density at radius 3 is 1.96 bits per heavy atom. The van der Waals surface area contributed by atoms with E-state index in [1.54, 1.807) is 0 Å². The molecule has 0 atom stereocenters. The van der Waals surface area contributed by atoms with Gasteiger partial charge in [0, 0.05) is 11.1 Å². The minimum absolute atomic E-state index is 0.589. The zero-order valence-corrected chi connectivity index (χ0v) is 13.6. The zero-order chi connectivity index (χ0) is 17.3. The molecule has 1 radical (unpaired) electrons. The molecular formula is C23H16NO. The Morgan fingerprint density at radius 1 is 0.800 bits per heavy atom. The number of rotatable bonds is 2. The standard InChI is InChI=1S/C23H16NO/c1-2-18-10-9-15-22-21(18)16-17-23(24(22)25,19-11-5-3-6-12-19)20-13-7-4-8-14-20/h1,3-17H. The highest BCUT2D eigenvalue weighted by molar-refractivity contribution is 5.79. The van der Waals surface area contributed by atoms with E-state index in [1.165, 1.54) is 0 Å². The fourth-order valence-corrected chi connectivity index (χ4v) is 3.47. The van der Waals surface area contributed by atoms with Crippen LogP contribution in [0.15, 0.2) is 84.9 Å². The Bertz CT molecular complexity index is 928. The molecule has 0 spiro atoms. The van der Waals surface area contributed by atoms with E-state index in [2.05, 4.69) is 5.92 Å². The molecule has 0 aliphatic carbocycles. The SMILES string of the molecule is C#Cc1cccc2c1C=CC(c1ccccc1)(c1ccccc1)N2[O]. The van der Waals surface area contributed by atoms with Crippen molar-refractivity contribution in [1.82, 2.24) is 0 Å². The van der Waals surface area contributed by atoms with Gasteiger partial charge in [0.25, 0.3) is 0 Å². The van der Waals surface area contributed by atoms with Crippen molar-refractivity contribution in [1.29, 1.82) is 0 Å². The maximum Gasteiger partial charge on any atom is 0.139 e. The molecule has 25 heavy (non-hydrogen) atoms. The lowest BCUT2D eigenvalue weighted by atomic mass is 9.79. The largest absolute Gasteiger partial charge is 0.201 e. The van der Waals surface area contributed by atoms with Gasteiger partial charge in [0.1, 0.15) is 5.54 Å². The van der Waals surface area contributed by atoms with Crippen molar-refractivity contribution in [2.24, 2.45) is 0 Å². The molecule has 2 heteroatoms. The smallest absolute Gasteiger partial charge is 0.139 e. The van der Waals surface area contributed by atoms with Gasteiger partial charge in [-0.3, -0.25) is 0 Å². The number of hydrogen-bond acceptors (Lipinski definition) is 1. The zero-order valence-electron chi connectivity index (χ0n) is 13.6. The predicted molar refractivity (Wildman–Crippen MR) is 100 cm³/mol. The summed E-state index contributed by atoms with van der Waals surface area (Å²) in [5.41, 5.74) is 3.04. The van der Waals surface area contributed by atoms with Crippen LogP contribution >= 0.6 is 0 Å². The fourth-order valence-electron chi connectivity index (χ4n) is 3.47. The first-order valence-corrected chi connectivity index (χ1v) is 8.14. The lowest BCUT2D eigenvalue weighted by Gasteiger charge is -2.41. The van der Waals surface area contributed by atoms with Crippen LogP contribution < -0.4 is 5.06 Å². The molecule has 3 aromatic rings. The van der Waals surface area contributed by atoms with E-state index in [0.29, 0.717) is 5.69 Å². The van der Waals surface area contributed by atoms with Crippen molar-refractivity contribution >= 4 is 11.8 Å². The molecule has 0 amide bonds. The number of nitrogens with zero attached hydrogens (tertiary/aromatic N) is 1. The second kappa shape index (κ2) is 5.98. The minimum atomic E-state index is -0.914. The van der Waals surface area contributed by atoms with Crippen LogP contribution in [0.5, 0.6) is 0 Å². The molecular weight excluding hydrogens is 306 g/mol. The topological polar surface area (TPSA) is 23.1 Å². The summed E-state index contributed by atoms with van der Waals surface area (Å²) in [5, 5.41) is 14.7. The van der Waals surface area contributed by atoms with Crippen LogP contribution in [0.2, 0.25) is 0 Å². The molecule has 3 aromatic carbocycles. The van der Waals surface area contributed by atoms with Gasteiger partial charge < -0.3 is 0 Å². The molecule has 0 saturated carbocycles. The summed E-state index contributed by atoms with van der Waals surface area (Å²) in [6.45, 7) is 0. The van der Waals surface area contributed by atoms with Gasteiger partial charge in [-0.2, -0.15) is 0 Å². The van der Waals surface area contributed by atoms with Crippen molar-refractivity contribution in [3.8, 4) is 12.3 Å². The molecule has 0 bridgehead atoms. The first-order valence-electron chi connectivity index (χ1n) is 8.14. The molecule has 1 aliphatic heterocycles. The van der Waals surface area contributed by atoms with Crippen molar-refractivity contribution < 1.29 is 5.21 Å². The van der Waals surface area contributed by atoms with E-state index in [-0.39, 0.29) is 0 Å². The highest BCUT2D eigenvalue weighted by Crippen LogP contribution is 2.45. The molecule has 0 fully saturated rings. The van der Waals surface area contributed by atoms with Crippen LogP contribution in [0, 0.1) is 12.3 Å². The maximum atomic E-state index is 13.6. The second-order valence-electron chi connectivity index (χ2n) is 6.01. The number of fused-ring (bicyclic) bond motifs is 1. The van der Waals surface area contributed by atoms with Crippen LogP contribution in [-0.4, -0.2) is 0 Å². The van der Waals surface area contributed by atoms with E-state index in [4.69, 9.17) is 6.42 Å². The van der Waals surface area contributed by atoms with Crippen molar-refractivity contribution in [2.75, 3.05) is 5.06 Å². The number of anilines is 1. The van der Waals surface area contributed by atoms with Crippen LogP contribution in [0.1, 0.15) is 22.3 Å². The average molecular weight is 322 g/mol. The van der Waals surface area contributed by atoms with E-state index < -0.39 is 5.54 Å². The molecule has 119 valence electrons. The Balaban J connectivity index is 2.01. The molecule has 0 unspecified atom stereocenters. The quantitative estimate of drug-likeness (QED) is 0.622. The third-order valence-electron chi connectivity index (χ3n) is 4.70. The van der Waals surface area contributed by atoms with Crippen molar-refractivity contribution in [3.05, 3.63) is 107 Å². The summed E-state index contributed by atoms with van der Waals surface area (Å²) in [7, 11) is 0. The third kappa shape index (κ3) is 2.26. The van der Waals surface area contributed by atoms with Gasteiger partial charge in [-0.15, -0.1) is 6.42 Å². The molecule has 1 aliphatic rings. The summed E-state index contributed by atoms with van der Waals surface area (Å²) >= 11 is 0. The summed E-state index contributed by atoms with van der Waals surface area (Å²) in [6.07, 6.45) is 9.53. The lowest BCUT2D eigenvalue weighted by Crippen LogP contribution is -2.44. The summed E-state index contributed by atoms with van der Waals surface area (Å²) in [4.78, 5) is 0. The second-order valence-corrected chi connectivity index (χ2v) is 6.01. The average Bonchev–Trinajstić information content (AvgIpc) is 2.69. The fraction of sp³-hybridized carbons (Fsp3) is 0.0435. The number of terminal acetylenes is 1. The van der Waals surface area contributed by atoms with Gasteiger partial charge >= 0.3 is 0 Å². The van der Waals surface area contributed by atoms with Crippen molar-refractivity contribution in [2.45, 2.75) is 5.54 Å². The Labute approximate surface area is 147 Å². The maximum absolute atomic E-state index is 13.6. The van der Waals surface area contributed by atoms with Gasteiger partial charge in [-0.1, -0.05) is 83.9 Å². The summed E-state index contributed by atoms with van der Waals surface area (Å²) in [6, 6.07) is 25.2. The first kappa shape index (κ1) is 15.3. The van der Waals surface area contributed by atoms with Gasteiger partial charge in [-0.25, -0.2) is 5.06 Å². The molecule has 2 nitrogen and oxygen atoms in total. The Morgan fingerprint density at radius 2 is 1.40 bits per heavy atom. The number of hydroxylamine groups is 1. The summed E-state index contributed by atoms with van der Waals surface area (Å²) < 4.78 is 0. The van der Waals surface area contributed by atoms with Crippen LogP contribution in [0.25, 0.3) is 6.08 Å². The molecule has 0 N–H and O–H groups in total. The van der Waals surface area contributed by atoms with Gasteiger partial charge in [-0.05, 0) is 29.3 Å². The van der Waals surface area contributed by atoms with Crippen molar-refractivity contribution in [3.63, 3.8) is 0 Å². The van der Waals surface area contributed by atoms with Crippen LogP contribution in [0.4, 0.5) is 5.69 Å². The van der Waals surface area contributed by atoms with Gasteiger partial charge in [0.05, 0.1) is 5.69 Å². The lowest BCUT2D eigenvalue weighted by molar-refractivity contribution is 0.113. The monoisotopic (exact) mass is 322 g/mol. The molecule has 4 rings (SSSR count). The summed E-state index contributed by atoms with van der Waals surface area (Å²) in [5.74, 6) is 2.67. The third-order valence-corrected chi connectivity index (χ3v) is 4.70. The number of hydrogen-bond donors (Lipinski definition) is 0. The molecule has 1 heterocycles. The van der Waals surface area contributed by atoms with E-state index in [0.717, 1.165) is 27.3 Å². The number of benzene rings is 3. The molecule has 0 saturated heterocycles. The highest BCUT2D eigenvalue weighted by Gasteiger charge is 2.42. The first-order chi connectivity index (χ1) is 12.3. The van der Waals surface area contributed by atoms with E-state index in [9.17, 15) is 5.21 Å². The normalized spacial score (nSPS) is 14.6. The Hall–Kier alpha value is -3.28. The van der Waals surface area contributed by atoms with Gasteiger partial charge in [0.15, 0.2) is 0 Å². The predicted octanol–water partition coefficient (Wildman–Crippen LogP) is 4.79. The van der Waals surface area contributed by atoms with Crippen LogP contribution in [-0.2, 0) is 10.7 Å². The van der Waals surface area contributed by atoms with Crippen LogP contribution in [0.3, 0.4) is 0 Å². The molecule has 0 aromatic heterocycles. The van der Waals surface area contributed by atoms with E-state index in [1.807, 2.05) is 91.0 Å².